The van der Waals surface area contributed by atoms with Crippen molar-refractivity contribution < 1.29 is 14.5 Å². The fourth-order valence-electron chi connectivity index (χ4n) is 4.39. The van der Waals surface area contributed by atoms with E-state index >= 15 is 0 Å². The Kier molecular flexibility index (Phi) is 7.23. The maximum atomic E-state index is 12.8. The number of amides is 1. The van der Waals surface area contributed by atoms with Gasteiger partial charge in [0.1, 0.15) is 5.69 Å². The smallest absolute Gasteiger partial charge is 0.293 e. The zero-order chi connectivity index (χ0) is 25.6. The second-order valence-electron chi connectivity index (χ2n) is 8.80. The summed E-state index contributed by atoms with van der Waals surface area (Å²) in [4.78, 5) is 25.9. The van der Waals surface area contributed by atoms with Crippen LogP contribution in [0.25, 0.3) is 11.3 Å². The fourth-order valence-corrected chi connectivity index (χ4v) is 4.39. The Morgan fingerprint density at radius 1 is 1.00 bits per heavy atom. The molecule has 0 radical (unpaired) electrons. The minimum Gasteiger partial charge on any atom is -0.378 e. The average molecular weight is 498 g/mol. The van der Waals surface area contributed by atoms with Crippen LogP contribution in [-0.4, -0.2) is 51.8 Å². The van der Waals surface area contributed by atoms with Crippen molar-refractivity contribution in [2.24, 2.45) is 0 Å². The van der Waals surface area contributed by atoms with Crippen LogP contribution < -0.4 is 5.32 Å². The normalized spacial score (nSPS) is 13.4. The number of nitro groups is 1. The van der Waals surface area contributed by atoms with Gasteiger partial charge in [-0.25, -0.2) is 0 Å². The van der Waals surface area contributed by atoms with Gasteiger partial charge in [-0.15, -0.1) is 0 Å². The van der Waals surface area contributed by atoms with Crippen molar-refractivity contribution in [3.8, 4) is 11.3 Å². The van der Waals surface area contributed by atoms with Crippen LogP contribution >= 0.6 is 0 Å². The second kappa shape index (κ2) is 11.0. The predicted molar refractivity (Wildman–Crippen MR) is 140 cm³/mol. The molecule has 0 saturated carbocycles. The molecule has 1 aliphatic heterocycles. The van der Waals surface area contributed by atoms with Gasteiger partial charge in [0, 0.05) is 48.6 Å². The highest BCUT2D eigenvalue weighted by molar-refractivity contribution is 5.95. The first-order valence-electron chi connectivity index (χ1n) is 12.1. The number of carbonyl (C=O) groups is 1. The van der Waals surface area contributed by atoms with Crippen molar-refractivity contribution in [1.29, 1.82) is 0 Å². The number of rotatable bonds is 8. The third kappa shape index (κ3) is 5.68. The van der Waals surface area contributed by atoms with Crippen molar-refractivity contribution in [1.82, 2.24) is 14.7 Å². The summed E-state index contributed by atoms with van der Waals surface area (Å²) < 4.78 is 7.18. The highest BCUT2D eigenvalue weighted by Crippen LogP contribution is 2.29. The van der Waals surface area contributed by atoms with Gasteiger partial charge < -0.3 is 15.0 Å². The van der Waals surface area contributed by atoms with Crippen LogP contribution in [0.5, 0.6) is 0 Å². The molecule has 188 valence electrons. The highest BCUT2D eigenvalue weighted by Gasteiger charge is 2.23. The van der Waals surface area contributed by atoms with Gasteiger partial charge in [-0.1, -0.05) is 60.7 Å². The van der Waals surface area contributed by atoms with E-state index in [2.05, 4.69) is 5.32 Å². The van der Waals surface area contributed by atoms with Gasteiger partial charge in [0.25, 0.3) is 11.6 Å². The Hall–Kier alpha value is -4.50. The van der Waals surface area contributed by atoms with Crippen LogP contribution in [0, 0.1) is 10.1 Å². The molecule has 2 heterocycles. The number of hydrogen-bond acceptors (Lipinski definition) is 6. The van der Waals surface area contributed by atoms with E-state index in [0.29, 0.717) is 50.6 Å². The number of benzene rings is 3. The van der Waals surface area contributed by atoms with Crippen molar-refractivity contribution in [2.45, 2.75) is 13.1 Å². The van der Waals surface area contributed by atoms with Crippen LogP contribution in [0.3, 0.4) is 0 Å². The lowest BCUT2D eigenvalue weighted by Gasteiger charge is -2.26. The maximum absolute atomic E-state index is 12.8. The van der Waals surface area contributed by atoms with E-state index in [4.69, 9.17) is 9.84 Å². The Labute approximate surface area is 214 Å². The van der Waals surface area contributed by atoms with Gasteiger partial charge in [-0.2, -0.15) is 5.10 Å². The summed E-state index contributed by atoms with van der Waals surface area (Å²) in [5, 5.41) is 19.9. The summed E-state index contributed by atoms with van der Waals surface area (Å²) in [6.45, 7) is 2.82. The summed E-state index contributed by atoms with van der Waals surface area (Å²) >= 11 is 0. The van der Waals surface area contributed by atoms with Crippen LogP contribution in [0.4, 0.5) is 11.4 Å². The number of hydrogen-bond donors (Lipinski definition) is 1. The topological polar surface area (TPSA) is 103 Å². The molecule has 1 saturated heterocycles. The summed E-state index contributed by atoms with van der Waals surface area (Å²) in [5.41, 5.74) is 4.30. The molecule has 0 aliphatic carbocycles. The molecule has 0 bridgehead atoms. The van der Waals surface area contributed by atoms with Gasteiger partial charge in [0.15, 0.2) is 0 Å². The van der Waals surface area contributed by atoms with E-state index in [0.717, 1.165) is 22.4 Å². The van der Waals surface area contributed by atoms with Crippen LogP contribution in [0.15, 0.2) is 85.1 Å². The first-order chi connectivity index (χ1) is 18.1. The third-order valence-corrected chi connectivity index (χ3v) is 6.28. The van der Waals surface area contributed by atoms with E-state index in [-0.39, 0.29) is 11.6 Å². The summed E-state index contributed by atoms with van der Waals surface area (Å²) in [6, 6.07) is 24.5. The first kappa shape index (κ1) is 24.2. The van der Waals surface area contributed by atoms with E-state index in [1.165, 1.54) is 6.07 Å². The standard InChI is InChI=1S/C28H27N5O4/c34-28(31-13-15-37-16-14-31)23-11-12-25(26(17-23)33(35)36)29-18-24-20-32(19-21-7-3-1-4-8-21)30-27(24)22-9-5-2-6-10-22/h1-12,17,20,29H,13-16,18-19H2. The van der Waals surface area contributed by atoms with Crippen LogP contribution in [0.2, 0.25) is 0 Å². The number of nitro benzene ring substituents is 1. The van der Waals surface area contributed by atoms with Gasteiger partial charge in [-0.05, 0) is 17.7 Å². The van der Waals surface area contributed by atoms with Crippen molar-refractivity contribution in [3.05, 3.63) is 112 Å². The number of morpholine rings is 1. The fraction of sp³-hybridized carbons (Fsp3) is 0.214. The molecule has 0 spiro atoms. The van der Waals surface area contributed by atoms with Gasteiger partial charge in [0.2, 0.25) is 0 Å². The summed E-state index contributed by atoms with van der Waals surface area (Å²) in [7, 11) is 0. The van der Waals surface area contributed by atoms with Crippen molar-refractivity contribution >= 4 is 17.3 Å². The number of ether oxygens (including phenoxy) is 1. The van der Waals surface area contributed by atoms with Crippen molar-refractivity contribution in [2.75, 3.05) is 31.6 Å². The molecule has 3 aromatic carbocycles. The monoisotopic (exact) mass is 497 g/mol. The number of carbonyl (C=O) groups excluding carboxylic acids is 1. The van der Waals surface area contributed by atoms with Crippen LogP contribution in [0.1, 0.15) is 21.5 Å². The molecule has 1 aromatic heterocycles. The third-order valence-electron chi connectivity index (χ3n) is 6.28. The van der Waals surface area contributed by atoms with E-state index in [9.17, 15) is 14.9 Å². The zero-order valence-corrected chi connectivity index (χ0v) is 20.2. The lowest BCUT2D eigenvalue weighted by Crippen LogP contribution is -2.40. The molecule has 1 N–H and O–H groups in total. The predicted octanol–water partition coefficient (Wildman–Crippen LogP) is 4.59. The Morgan fingerprint density at radius 3 is 2.41 bits per heavy atom. The lowest BCUT2D eigenvalue weighted by atomic mass is 10.1. The van der Waals surface area contributed by atoms with Gasteiger partial charge in [-0.3, -0.25) is 19.6 Å². The molecule has 4 aromatic rings. The number of nitrogens with one attached hydrogen (secondary N) is 1. The quantitative estimate of drug-likeness (QED) is 0.282. The molecular weight excluding hydrogens is 470 g/mol. The van der Waals surface area contributed by atoms with Gasteiger partial charge >= 0.3 is 0 Å². The highest BCUT2D eigenvalue weighted by atomic mass is 16.6. The van der Waals surface area contributed by atoms with Crippen molar-refractivity contribution in [3.63, 3.8) is 0 Å². The lowest BCUT2D eigenvalue weighted by molar-refractivity contribution is -0.384. The molecule has 1 fully saturated rings. The zero-order valence-electron chi connectivity index (χ0n) is 20.2. The molecule has 9 nitrogen and oxygen atoms in total. The SMILES string of the molecule is O=C(c1ccc(NCc2cn(Cc3ccccc3)nc2-c2ccccc2)c([N+](=O)[O-])c1)N1CCOCC1. The average Bonchev–Trinajstić information content (AvgIpc) is 3.35. The van der Waals surface area contributed by atoms with E-state index in [1.807, 2.05) is 71.5 Å². The number of aromatic nitrogens is 2. The van der Waals surface area contributed by atoms with E-state index in [1.54, 1.807) is 17.0 Å². The molecule has 9 heteroatoms. The molecular formula is C28H27N5O4. The molecule has 37 heavy (non-hydrogen) atoms. The largest absolute Gasteiger partial charge is 0.378 e. The minimum atomic E-state index is -0.463. The van der Waals surface area contributed by atoms with Crippen LogP contribution in [-0.2, 0) is 17.8 Å². The van der Waals surface area contributed by atoms with Gasteiger partial charge in [0.05, 0.1) is 30.4 Å². The Balaban J connectivity index is 1.39. The number of nitrogens with zero attached hydrogens (tertiary/aromatic N) is 4. The first-order valence-corrected chi connectivity index (χ1v) is 12.1. The second-order valence-corrected chi connectivity index (χ2v) is 8.80. The maximum Gasteiger partial charge on any atom is 0.293 e. The minimum absolute atomic E-state index is 0.142. The molecule has 0 unspecified atom stereocenters. The molecule has 0 atom stereocenters. The molecule has 5 rings (SSSR count). The Morgan fingerprint density at radius 2 is 1.70 bits per heavy atom. The van der Waals surface area contributed by atoms with E-state index < -0.39 is 4.92 Å². The summed E-state index contributed by atoms with van der Waals surface area (Å²) in [5.74, 6) is -0.230. The Bertz CT molecular complexity index is 1380. The summed E-state index contributed by atoms with van der Waals surface area (Å²) in [6.07, 6.45) is 1.96. The molecule has 1 aliphatic rings. The molecule has 1 amide bonds. The number of anilines is 1.